The highest BCUT2D eigenvalue weighted by molar-refractivity contribution is 5.96. The first-order valence-electron chi connectivity index (χ1n) is 6.34. The van der Waals surface area contributed by atoms with E-state index in [1.165, 1.54) is 7.11 Å². The Balaban J connectivity index is 2.36. The summed E-state index contributed by atoms with van der Waals surface area (Å²) < 4.78 is 9.43. The van der Waals surface area contributed by atoms with Gasteiger partial charge >= 0.3 is 11.9 Å². The molecule has 0 unspecified atom stereocenters. The molecule has 5 nitrogen and oxygen atoms in total. The van der Waals surface area contributed by atoms with E-state index in [4.69, 9.17) is 4.74 Å². The van der Waals surface area contributed by atoms with Crippen molar-refractivity contribution in [3.8, 4) is 0 Å². The average Bonchev–Trinajstić information content (AvgIpc) is 2.38. The molecule has 18 heavy (non-hydrogen) atoms. The van der Waals surface area contributed by atoms with Gasteiger partial charge in [-0.25, -0.2) is 0 Å². The second-order valence-electron chi connectivity index (χ2n) is 4.52. The first-order chi connectivity index (χ1) is 8.58. The largest absolute Gasteiger partial charge is 0.469 e. The van der Waals surface area contributed by atoms with E-state index in [-0.39, 0.29) is 30.0 Å². The Morgan fingerprint density at radius 3 is 2.11 bits per heavy atom. The lowest BCUT2D eigenvalue weighted by molar-refractivity contribution is -0.149. The molecule has 0 aromatic heterocycles. The van der Waals surface area contributed by atoms with Gasteiger partial charge in [-0.3, -0.25) is 14.4 Å². The number of methoxy groups -OCH3 is 1. The number of esters is 2. The summed E-state index contributed by atoms with van der Waals surface area (Å²) in [4.78, 5) is 34.3. The van der Waals surface area contributed by atoms with Crippen LogP contribution in [-0.4, -0.2) is 31.4 Å². The molecule has 0 atom stereocenters. The van der Waals surface area contributed by atoms with Gasteiger partial charge in [0.15, 0.2) is 0 Å². The number of ketones is 1. The topological polar surface area (TPSA) is 69.7 Å². The van der Waals surface area contributed by atoms with Gasteiger partial charge in [-0.05, 0) is 32.6 Å². The van der Waals surface area contributed by atoms with Crippen LogP contribution < -0.4 is 0 Å². The van der Waals surface area contributed by atoms with Crippen molar-refractivity contribution in [2.75, 3.05) is 13.7 Å². The molecule has 0 aromatic rings. The Bertz CT molecular complexity index is 315. The molecule has 0 saturated heterocycles. The van der Waals surface area contributed by atoms with Gasteiger partial charge in [0.1, 0.15) is 12.2 Å². The van der Waals surface area contributed by atoms with Crippen molar-refractivity contribution in [3.05, 3.63) is 0 Å². The lowest BCUT2D eigenvalue weighted by Crippen LogP contribution is -2.28. The number of carbonyl (C=O) groups excluding carboxylic acids is 3. The minimum Gasteiger partial charge on any atom is -0.469 e. The molecule has 5 heteroatoms. The molecular weight excluding hydrogens is 236 g/mol. The number of carbonyl (C=O) groups is 3. The normalized spacial score (nSPS) is 23.2. The maximum Gasteiger partial charge on any atom is 0.313 e. The molecule has 1 aliphatic rings. The SMILES string of the molecule is CCOC(=O)CC(=O)[C@H]1CC[C@H](C(=O)OC)CC1. The van der Waals surface area contributed by atoms with Gasteiger partial charge in [-0.1, -0.05) is 0 Å². The minimum atomic E-state index is -0.461. The van der Waals surface area contributed by atoms with Gasteiger partial charge in [0.25, 0.3) is 0 Å². The van der Waals surface area contributed by atoms with E-state index in [0.29, 0.717) is 32.3 Å². The summed E-state index contributed by atoms with van der Waals surface area (Å²) in [7, 11) is 1.38. The van der Waals surface area contributed by atoms with Crippen LogP contribution >= 0.6 is 0 Å². The summed E-state index contributed by atoms with van der Waals surface area (Å²) in [6.07, 6.45) is 2.47. The third-order valence-corrected chi connectivity index (χ3v) is 3.34. The van der Waals surface area contributed by atoms with Crippen LogP contribution in [-0.2, 0) is 23.9 Å². The average molecular weight is 256 g/mol. The van der Waals surface area contributed by atoms with Crippen LogP contribution in [0.1, 0.15) is 39.0 Å². The molecule has 0 aliphatic heterocycles. The molecule has 0 aromatic carbocycles. The van der Waals surface area contributed by atoms with Crippen LogP contribution in [0.25, 0.3) is 0 Å². The monoisotopic (exact) mass is 256 g/mol. The third kappa shape index (κ3) is 4.13. The highest BCUT2D eigenvalue weighted by Crippen LogP contribution is 2.30. The fraction of sp³-hybridized carbons (Fsp3) is 0.769. The van der Waals surface area contributed by atoms with Gasteiger partial charge < -0.3 is 9.47 Å². The number of rotatable bonds is 5. The lowest BCUT2D eigenvalue weighted by atomic mass is 9.79. The second kappa shape index (κ2) is 7.13. The van der Waals surface area contributed by atoms with Gasteiger partial charge in [0.2, 0.25) is 0 Å². The molecule has 0 radical (unpaired) electrons. The fourth-order valence-corrected chi connectivity index (χ4v) is 2.32. The molecule has 1 saturated carbocycles. The Labute approximate surface area is 107 Å². The van der Waals surface area contributed by atoms with E-state index in [2.05, 4.69) is 4.74 Å². The first-order valence-corrected chi connectivity index (χ1v) is 6.34. The van der Waals surface area contributed by atoms with Crippen molar-refractivity contribution in [1.82, 2.24) is 0 Å². The number of Topliss-reactive ketones (excluding diaryl/α,β-unsaturated/α-hetero) is 1. The van der Waals surface area contributed by atoms with E-state index in [1.54, 1.807) is 6.92 Å². The summed E-state index contributed by atoms with van der Waals surface area (Å²) >= 11 is 0. The van der Waals surface area contributed by atoms with E-state index in [9.17, 15) is 14.4 Å². The van der Waals surface area contributed by atoms with E-state index < -0.39 is 5.97 Å². The van der Waals surface area contributed by atoms with Crippen LogP contribution in [0.2, 0.25) is 0 Å². The molecule has 0 spiro atoms. The Hall–Kier alpha value is -1.39. The van der Waals surface area contributed by atoms with Crippen molar-refractivity contribution in [1.29, 1.82) is 0 Å². The second-order valence-corrected chi connectivity index (χ2v) is 4.52. The number of hydrogen-bond donors (Lipinski definition) is 0. The zero-order valence-electron chi connectivity index (χ0n) is 10.9. The van der Waals surface area contributed by atoms with Crippen molar-refractivity contribution in [2.45, 2.75) is 39.0 Å². The van der Waals surface area contributed by atoms with Crippen LogP contribution in [0, 0.1) is 11.8 Å². The quantitative estimate of drug-likeness (QED) is 0.550. The molecule has 0 amide bonds. The molecule has 0 heterocycles. The minimum absolute atomic E-state index is 0.0724. The smallest absolute Gasteiger partial charge is 0.313 e. The highest BCUT2D eigenvalue weighted by Gasteiger charge is 2.31. The van der Waals surface area contributed by atoms with Crippen molar-refractivity contribution < 1.29 is 23.9 Å². The zero-order chi connectivity index (χ0) is 13.5. The van der Waals surface area contributed by atoms with Crippen LogP contribution in [0.15, 0.2) is 0 Å². The summed E-state index contributed by atoms with van der Waals surface area (Å²) in [6.45, 7) is 2.01. The van der Waals surface area contributed by atoms with Gasteiger partial charge in [-0.15, -0.1) is 0 Å². The molecule has 0 N–H and O–H groups in total. The van der Waals surface area contributed by atoms with E-state index in [1.807, 2.05) is 0 Å². The lowest BCUT2D eigenvalue weighted by Gasteiger charge is -2.25. The molecule has 102 valence electrons. The Kier molecular flexibility index (Phi) is 5.82. The Morgan fingerprint density at radius 1 is 1.06 bits per heavy atom. The maximum absolute atomic E-state index is 11.8. The summed E-state index contributed by atoms with van der Waals surface area (Å²) in [6, 6.07) is 0. The van der Waals surface area contributed by atoms with Crippen molar-refractivity contribution in [3.63, 3.8) is 0 Å². The van der Waals surface area contributed by atoms with Crippen LogP contribution in [0.4, 0.5) is 0 Å². The summed E-state index contributed by atoms with van der Waals surface area (Å²) in [5.74, 6) is -0.947. The highest BCUT2D eigenvalue weighted by atomic mass is 16.5. The van der Waals surface area contributed by atoms with Gasteiger partial charge in [-0.2, -0.15) is 0 Å². The molecule has 1 aliphatic carbocycles. The first kappa shape index (κ1) is 14.7. The van der Waals surface area contributed by atoms with Crippen LogP contribution in [0.5, 0.6) is 0 Å². The third-order valence-electron chi connectivity index (χ3n) is 3.34. The van der Waals surface area contributed by atoms with Gasteiger partial charge in [0.05, 0.1) is 19.6 Å². The molecular formula is C13H20O5. The molecule has 0 bridgehead atoms. The molecule has 1 rings (SSSR count). The predicted molar refractivity (Wildman–Crippen MR) is 63.7 cm³/mol. The zero-order valence-corrected chi connectivity index (χ0v) is 10.9. The molecule has 1 fully saturated rings. The van der Waals surface area contributed by atoms with Crippen molar-refractivity contribution in [2.24, 2.45) is 11.8 Å². The van der Waals surface area contributed by atoms with Gasteiger partial charge in [0, 0.05) is 5.92 Å². The predicted octanol–water partition coefficient (Wildman–Crippen LogP) is 1.49. The number of ether oxygens (including phenoxy) is 2. The van der Waals surface area contributed by atoms with E-state index >= 15 is 0 Å². The standard InChI is InChI=1S/C13H20O5/c1-3-18-12(15)8-11(14)9-4-6-10(7-5-9)13(16)17-2/h9-10H,3-8H2,1-2H3/t9-,10-. The summed E-state index contributed by atoms with van der Waals surface area (Å²) in [5, 5.41) is 0. The van der Waals surface area contributed by atoms with Crippen LogP contribution in [0.3, 0.4) is 0 Å². The van der Waals surface area contributed by atoms with Crippen molar-refractivity contribution >= 4 is 17.7 Å². The Morgan fingerprint density at radius 2 is 1.61 bits per heavy atom. The maximum atomic E-state index is 11.8. The fourth-order valence-electron chi connectivity index (χ4n) is 2.32. The number of hydrogen-bond acceptors (Lipinski definition) is 5. The van der Waals surface area contributed by atoms with E-state index in [0.717, 1.165) is 0 Å². The summed E-state index contributed by atoms with van der Waals surface area (Å²) in [5.41, 5.74) is 0.